The summed E-state index contributed by atoms with van der Waals surface area (Å²) in [5.74, 6) is 0.240. The zero-order valence-corrected chi connectivity index (χ0v) is 16.0. The van der Waals surface area contributed by atoms with Crippen molar-refractivity contribution in [2.75, 3.05) is 45.8 Å². The van der Waals surface area contributed by atoms with Gasteiger partial charge in [-0.2, -0.15) is 0 Å². The molecule has 1 saturated carbocycles. The highest BCUT2D eigenvalue weighted by atomic mass is 16.2. The molecule has 1 aromatic heterocycles. The summed E-state index contributed by atoms with van der Waals surface area (Å²) in [6.45, 7) is 12.4. The van der Waals surface area contributed by atoms with Gasteiger partial charge in [0.15, 0.2) is 5.78 Å². The molecular weight excluding hydrogens is 328 g/mol. The standard InChI is InChI=1S/C20H30N4O2/c1-4-7-21-20(26)14-23-10-8-22(9-11-23)13-19(25)18-12-15(2)24(16(18)3)17-5-6-17/h4,12,17H,1,5-11,13-14H2,2-3H3,(H,21,26). The largest absolute Gasteiger partial charge is 0.352 e. The Balaban J connectivity index is 1.49. The third-order valence-corrected chi connectivity index (χ3v) is 5.34. The average molecular weight is 358 g/mol. The van der Waals surface area contributed by atoms with Crippen molar-refractivity contribution < 1.29 is 9.59 Å². The van der Waals surface area contributed by atoms with Crippen LogP contribution in [0, 0.1) is 13.8 Å². The predicted molar refractivity (Wildman–Crippen MR) is 103 cm³/mol. The Morgan fingerprint density at radius 2 is 1.77 bits per heavy atom. The Bertz CT molecular complexity index is 682. The third kappa shape index (κ3) is 4.43. The van der Waals surface area contributed by atoms with Crippen LogP contribution in [0.25, 0.3) is 0 Å². The summed E-state index contributed by atoms with van der Waals surface area (Å²) in [5.41, 5.74) is 3.19. The summed E-state index contributed by atoms with van der Waals surface area (Å²) < 4.78 is 2.33. The van der Waals surface area contributed by atoms with Crippen molar-refractivity contribution >= 4 is 11.7 Å². The van der Waals surface area contributed by atoms with Crippen LogP contribution in [0.2, 0.25) is 0 Å². The Morgan fingerprint density at radius 1 is 1.15 bits per heavy atom. The molecule has 3 rings (SSSR count). The van der Waals surface area contributed by atoms with E-state index in [1.54, 1.807) is 6.08 Å². The van der Waals surface area contributed by atoms with E-state index in [0.717, 1.165) is 37.4 Å². The Kier molecular flexibility index (Phi) is 5.94. The molecule has 0 bridgehead atoms. The molecule has 1 aliphatic carbocycles. The monoisotopic (exact) mass is 358 g/mol. The first kappa shape index (κ1) is 18.9. The summed E-state index contributed by atoms with van der Waals surface area (Å²) in [6.07, 6.45) is 4.14. The molecule has 6 heteroatoms. The number of carbonyl (C=O) groups excluding carboxylic acids is 2. The van der Waals surface area contributed by atoms with Gasteiger partial charge < -0.3 is 9.88 Å². The molecule has 0 spiro atoms. The Hall–Kier alpha value is -1.92. The number of piperazine rings is 1. The van der Waals surface area contributed by atoms with Crippen molar-refractivity contribution in [3.63, 3.8) is 0 Å². The molecule has 0 aromatic carbocycles. The summed E-state index contributed by atoms with van der Waals surface area (Å²) in [5, 5.41) is 2.80. The molecule has 142 valence electrons. The number of Topliss-reactive ketones (excluding diaryl/α,β-unsaturated/α-hetero) is 1. The van der Waals surface area contributed by atoms with Crippen LogP contribution >= 0.6 is 0 Å². The molecule has 1 N–H and O–H groups in total. The first-order valence-electron chi connectivity index (χ1n) is 9.53. The van der Waals surface area contributed by atoms with E-state index >= 15 is 0 Å². The topological polar surface area (TPSA) is 57.6 Å². The minimum absolute atomic E-state index is 0.0296. The van der Waals surface area contributed by atoms with E-state index in [-0.39, 0.29) is 11.7 Å². The van der Waals surface area contributed by atoms with Crippen molar-refractivity contribution in [3.8, 4) is 0 Å². The summed E-state index contributed by atoms with van der Waals surface area (Å²) >= 11 is 0. The lowest BCUT2D eigenvalue weighted by molar-refractivity contribution is -0.122. The molecule has 0 atom stereocenters. The number of ketones is 1. The Labute approximate surface area is 155 Å². The van der Waals surface area contributed by atoms with Gasteiger partial charge in [0.25, 0.3) is 0 Å². The molecular formula is C20H30N4O2. The highest BCUT2D eigenvalue weighted by Gasteiger charge is 2.29. The quantitative estimate of drug-likeness (QED) is 0.566. The number of nitrogens with one attached hydrogen (secondary N) is 1. The zero-order valence-electron chi connectivity index (χ0n) is 16.0. The van der Waals surface area contributed by atoms with Crippen molar-refractivity contribution in [1.82, 2.24) is 19.7 Å². The number of hydrogen-bond acceptors (Lipinski definition) is 4. The van der Waals surface area contributed by atoms with Crippen LogP contribution in [0.15, 0.2) is 18.7 Å². The smallest absolute Gasteiger partial charge is 0.234 e. The highest BCUT2D eigenvalue weighted by Crippen LogP contribution is 2.38. The van der Waals surface area contributed by atoms with E-state index in [0.29, 0.717) is 25.7 Å². The van der Waals surface area contributed by atoms with Gasteiger partial charge in [-0.05, 0) is 32.8 Å². The van der Waals surface area contributed by atoms with Crippen LogP contribution in [-0.4, -0.2) is 71.9 Å². The lowest BCUT2D eigenvalue weighted by Gasteiger charge is -2.33. The number of carbonyl (C=O) groups is 2. The number of aryl methyl sites for hydroxylation is 1. The van der Waals surface area contributed by atoms with E-state index in [1.807, 2.05) is 0 Å². The van der Waals surface area contributed by atoms with Crippen LogP contribution in [0.3, 0.4) is 0 Å². The lowest BCUT2D eigenvalue weighted by atomic mass is 10.1. The van der Waals surface area contributed by atoms with Crippen LogP contribution in [0.5, 0.6) is 0 Å². The Morgan fingerprint density at radius 3 is 2.35 bits per heavy atom. The van der Waals surface area contributed by atoms with Crippen LogP contribution in [0.1, 0.15) is 40.6 Å². The summed E-state index contributed by atoms with van der Waals surface area (Å²) in [6, 6.07) is 2.66. The van der Waals surface area contributed by atoms with Gasteiger partial charge in [0.05, 0.1) is 13.1 Å². The fourth-order valence-corrected chi connectivity index (χ4v) is 3.79. The number of amides is 1. The molecule has 2 heterocycles. The number of rotatable bonds is 8. The van der Waals surface area contributed by atoms with E-state index in [2.05, 4.69) is 46.2 Å². The van der Waals surface area contributed by atoms with Gasteiger partial charge in [0, 0.05) is 55.7 Å². The van der Waals surface area contributed by atoms with E-state index < -0.39 is 0 Å². The van der Waals surface area contributed by atoms with E-state index in [9.17, 15) is 9.59 Å². The molecule has 1 aliphatic heterocycles. The normalized spacial score (nSPS) is 18.7. The van der Waals surface area contributed by atoms with Gasteiger partial charge in [-0.25, -0.2) is 0 Å². The number of nitrogens with zero attached hydrogens (tertiary/aromatic N) is 3. The lowest BCUT2D eigenvalue weighted by Crippen LogP contribution is -2.50. The van der Waals surface area contributed by atoms with E-state index in [4.69, 9.17) is 0 Å². The van der Waals surface area contributed by atoms with Crippen LogP contribution < -0.4 is 5.32 Å². The molecule has 2 aliphatic rings. The molecule has 1 saturated heterocycles. The minimum Gasteiger partial charge on any atom is -0.352 e. The van der Waals surface area contributed by atoms with Crippen molar-refractivity contribution in [1.29, 1.82) is 0 Å². The molecule has 0 unspecified atom stereocenters. The maximum Gasteiger partial charge on any atom is 0.234 e. The number of aromatic nitrogens is 1. The maximum atomic E-state index is 12.8. The van der Waals surface area contributed by atoms with Gasteiger partial charge in [-0.15, -0.1) is 6.58 Å². The summed E-state index contributed by atoms with van der Waals surface area (Å²) in [4.78, 5) is 28.9. The first-order chi connectivity index (χ1) is 12.5. The van der Waals surface area contributed by atoms with Gasteiger partial charge in [0.2, 0.25) is 5.91 Å². The average Bonchev–Trinajstić information content (AvgIpc) is 3.39. The second kappa shape index (κ2) is 8.18. The second-order valence-corrected chi connectivity index (χ2v) is 7.45. The molecule has 2 fully saturated rings. The predicted octanol–water partition coefficient (Wildman–Crippen LogP) is 1.54. The van der Waals surface area contributed by atoms with Gasteiger partial charge >= 0.3 is 0 Å². The van der Waals surface area contributed by atoms with Crippen molar-refractivity contribution in [2.45, 2.75) is 32.7 Å². The molecule has 1 amide bonds. The molecule has 1 aromatic rings. The van der Waals surface area contributed by atoms with Crippen LogP contribution in [0.4, 0.5) is 0 Å². The zero-order chi connectivity index (χ0) is 18.7. The van der Waals surface area contributed by atoms with Gasteiger partial charge in [-0.3, -0.25) is 19.4 Å². The second-order valence-electron chi connectivity index (χ2n) is 7.45. The number of hydrogen-bond donors (Lipinski definition) is 1. The molecule has 6 nitrogen and oxygen atoms in total. The van der Waals surface area contributed by atoms with E-state index in [1.165, 1.54) is 18.5 Å². The van der Waals surface area contributed by atoms with Gasteiger partial charge in [-0.1, -0.05) is 6.08 Å². The van der Waals surface area contributed by atoms with Crippen molar-refractivity contribution in [2.24, 2.45) is 0 Å². The fourth-order valence-electron chi connectivity index (χ4n) is 3.79. The highest BCUT2D eigenvalue weighted by molar-refractivity contribution is 5.99. The third-order valence-electron chi connectivity index (χ3n) is 5.34. The van der Waals surface area contributed by atoms with Crippen molar-refractivity contribution in [3.05, 3.63) is 35.7 Å². The molecule has 26 heavy (non-hydrogen) atoms. The molecule has 0 radical (unpaired) electrons. The summed E-state index contributed by atoms with van der Waals surface area (Å²) in [7, 11) is 0. The SMILES string of the molecule is C=CCNC(=O)CN1CCN(CC(=O)c2cc(C)n(C3CC3)c2C)CC1. The maximum absolute atomic E-state index is 12.8. The van der Waals surface area contributed by atoms with Crippen LogP contribution in [-0.2, 0) is 4.79 Å². The minimum atomic E-state index is 0.0296. The first-order valence-corrected chi connectivity index (χ1v) is 9.53. The fraction of sp³-hybridized carbons (Fsp3) is 0.600. The van der Waals surface area contributed by atoms with Gasteiger partial charge in [0.1, 0.15) is 0 Å².